The van der Waals surface area contributed by atoms with E-state index < -0.39 is 26.6 Å². The van der Waals surface area contributed by atoms with Gasteiger partial charge in [0.2, 0.25) is 0 Å². The quantitative estimate of drug-likeness (QED) is 0.186. The highest BCUT2D eigenvalue weighted by molar-refractivity contribution is 7.46. The van der Waals surface area contributed by atoms with Crippen LogP contribution in [0.3, 0.4) is 0 Å². The van der Waals surface area contributed by atoms with Crippen LogP contribution in [0.4, 0.5) is 0 Å². The molecule has 0 aliphatic heterocycles. The standard InChI is InChI=1S/C19H41O6P/c1-2-3-4-5-6-7-8-9-10-11-12-13-14-15-16-18(20)19(21)17-25-26(22,23)24/h18-21H,2-17H2,1H3,(H2,22,23,24)/t18?,19-/m0/s1. The van der Waals surface area contributed by atoms with Gasteiger partial charge in [-0.1, -0.05) is 96.8 Å². The zero-order valence-corrected chi connectivity index (χ0v) is 17.4. The van der Waals surface area contributed by atoms with E-state index in [-0.39, 0.29) is 0 Å². The Balaban J connectivity index is 3.31. The van der Waals surface area contributed by atoms with Crippen molar-refractivity contribution in [1.29, 1.82) is 0 Å². The van der Waals surface area contributed by atoms with Crippen LogP contribution >= 0.6 is 7.82 Å². The Morgan fingerprint density at radius 3 is 1.46 bits per heavy atom. The first-order valence-electron chi connectivity index (χ1n) is 10.4. The zero-order chi connectivity index (χ0) is 19.7. The minimum atomic E-state index is -4.59. The van der Waals surface area contributed by atoms with Crippen LogP contribution in [0.1, 0.15) is 103 Å². The lowest BCUT2D eigenvalue weighted by Gasteiger charge is -2.17. The number of aliphatic hydroxyl groups is 2. The molecule has 4 N–H and O–H groups in total. The number of phosphoric ester groups is 1. The third kappa shape index (κ3) is 18.8. The van der Waals surface area contributed by atoms with E-state index in [1.54, 1.807) is 0 Å². The minimum absolute atomic E-state index is 0.420. The van der Waals surface area contributed by atoms with Crippen molar-refractivity contribution in [2.75, 3.05) is 6.61 Å². The van der Waals surface area contributed by atoms with Gasteiger partial charge >= 0.3 is 7.82 Å². The fourth-order valence-corrected chi connectivity index (χ4v) is 3.37. The van der Waals surface area contributed by atoms with E-state index >= 15 is 0 Å². The molecule has 0 heterocycles. The Hall–Kier alpha value is 0.0300. The Kier molecular flexibility index (Phi) is 17.2. The number of hydrogen-bond acceptors (Lipinski definition) is 4. The van der Waals surface area contributed by atoms with E-state index in [2.05, 4.69) is 11.4 Å². The highest BCUT2D eigenvalue weighted by Crippen LogP contribution is 2.35. The Morgan fingerprint density at radius 1 is 0.692 bits per heavy atom. The van der Waals surface area contributed by atoms with Gasteiger partial charge < -0.3 is 20.0 Å². The van der Waals surface area contributed by atoms with Crippen molar-refractivity contribution >= 4 is 7.82 Å². The molecular formula is C19H41O6P. The molecule has 2 atom stereocenters. The summed E-state index contributed by atoms with van der Waals surface area (Å²) in [7, 11) is -4.59. The summed E-state index contributed by atoms with van der Waals surface area (Å²) >= 11 is 0. The second-order valence-corrected chi connectivity index (χ2v) is 8.55. The second-order valence-electron chi connectivity index (χ2n) is 7.31. The normalized spacial score (nSPS) is 14.5. The van der Waals surface area contributed by atoms with Crippen LogP contribution in [-0.4, -0.2) is 38.8 Å². The topological polar surface area (TPSA) is 107 Å². The molecule has 0 bridgehead atoms. The van der Waals surface area contributed by atoms with Gasteiger partial charge in [-0.3, -0.25) is 4.52 Å². The molecule has 0 aromatic heterocycles. The van der Waals surface area contributed by atoms with Gasteiger partial charge in [0.15, 0.2) is 0 Å². The van der Waals surface area contributed by atoms with Crippen molar-refractivity contribution in [3.63, 3.8) is 0 Å². The molecule has 7 heteroatoms. The average molecular weight is 397 g/mol. The third-order valence-electron chi connectivity index (χ3n) is 4.71. The van der Waals surface area contributed by atoms with Crippen molar-refractivity contribution in [3.8, 4) is 0 Å². The lowest BCUT2D eigenvalue weighted by atomic mass is 10.0. The number of hydrogen-bond donors (Lipinski definition) is 4. The maximum absolute atomic E-state index is 10.5. The van der Waals surface area contributed by atoms with Crippen molar-refractivity contribution in [1.82, 2.24) is 0 Å². The highest BCUT2D eigenvalue weighted by atomic mass is 31.2. The number of phosphoric acid groups is 1. The molecule has 0 aromatic rings. The Morgan fingerprint density at radius 2 is 1.08 bits per heavy atom. The van der Waals surface area contributed by atoms with E-state index in [9.17, 15) is 14.8 Å². The fourth-order valence-electron chi connectivity index (χ4n) is 3.02. The van der Waals surface area contributed by atoms with Crippen LogP contribution in [0.5, 0.6) is 0 Å². The molecule has 0 aliphatic rings. The van der Waals surface area contributed by atoms with E-state index in [0.717, 1.165) is 19.3 Å². The predicted molar refractivity (Wildman–Crippen MR) is 105 cm³/mol. The molecular weight excluding hydrogens is 355 g/mol. The van der Waals surface area contributed by atoms with Crippen molar-refractivity contribution in [3.05, 3.63) is 0 Å². The first-order valence-corrected chi connectivity index (χ1v) is 12.0. The van der Waals surface area contributed by atoms with Crippen LogP contribution in [0, 0.1) is 0 Å². The monoisotopic (exact) mass is 396 g/mol. The Labute approximate surface area is 159 Å². The van der Waals surface area contributed by atoms with Crippen LogP contribution in [0.2, 0.25) is 0 Å². The maximum Gasteiger partial charge on any atom is 0.469 e. The Bertz CT molecular complexity index is 347. The largest absolute Gasteiger partial charge is 0.469 e. The molecule has 0 aliphatic carbocycles. The molecule has 158 valence electrons. The molecule has 0 saturated carbocycles. The van der Waals surface area contributed by atoms with Crippen molar-refractivity contribution < 1.29 is 29.1 Å². The van der Waals surface area contributed by atoms with Crippen molar-refractivity contribution in [2.45, 2.75) is 115 Å². The molecule has 6 nitrogen and oxygen atoms in total. The van der Waals surface area contributed by atoms with E-state index in [1.165, 1.54) is 70.6 Å². The summed E-state index contributed by atoms with van der Waals surface area (Å²) in [6.07, 6.45) is 15.7. The zero-order valence-electron chi connectivity index (χ0n) is 16.5. The molecule has 1 unspecified atom stereocenters. The SMILES string of the molecule is CCCCCCCCCCCCCCCCC(O)[C@@H](O)COP(=O)(O)O. The molecule has 0 aromatic carbocycles. The van der Waals surface area contributed by atoms with Gasteiger partial charge in [0, 0.05) is 0 Å². The van der Waals surface area contributed by atoms with Gasteiger partial charge in [0.25, 0.3) is 0 Å². The lowest BCUT2D eigenvalue weighted by molar-refractivity contribution is -0.0182. The fraction of sp³-hybridized carbons (Fsp3) is 1.00. The molecule has 0 saturated heterocycles. The van der Waals surface area contributed by atoms with Crippen LogP contribution in [-0.2, 0) is 9.09 Å². The van der Waals surface area contributed by atoms with Gasteiger partial charge in [0.1, 0.15) is 6.10 Å². The highest BCUT2D eigenvalue weighted by Gasteiger charge is 2.21. The lowest BCUT2D eigenvalue weighted by Crippen LogP contribution is -2.30. The summed E-state index contributed by atoms with van der Waals surface area (Å²) in [4.78, 5) is 17.1. The molecule has 26 heavy (non-hydrogen) atoms. The summed E-state index contributed by atoms with van der Waals surface area (Å²) in [6.45, 7) is 1.70. The smallest absolute Gasteiger partial charge is 0.390 e. The van der Waals surface area contributed by atoms with Gasteiger partial charge in [0.05, 0.1) is 12.7 Å². The average Bonchev–Trinajstić information content (AvgIpc) is 2.59. The number of rotatable bonds is 19. The van der Waals surface area contributed by atoms with Gasteiger partial charge in [-0.25, -0.2) is 4.57 Å². The van der Waals surface area contributed by atoms with Crippen molar-refractivity contribution in [2.24, 2.45) is 0 Å². The minimum Gasteiger partial charge on any atom is -0.390 e. The molecule has 0 spiro atoms. The second kappa shape index (κ2) is 17.2. The molecule has 0 rings (SSSR count). The summed E-state index contributed by atoms with van der Waals surface area (Å²) in [5.74, 6) is 0. The first kappa shape index (κ1) is 26.0. The van der Waals surface area contributed by atoms with E-state index in [1.807, 2.05) is 0 Å². The summed E-state index contributed by atoms with van der Waals surface area (Å²) in [6, 6.07) is 0. The molecule has 0 fully saturated rings. The van der Waals surface area contributed by atoms with Gasteiger partial charge in [-0.05, 0) is 6.42 Å². The van der Waals surface area contributed by atoms with Gasteiger partial charge in [-0.2, -0.15) is 0 Å². The van der Waals surface area contributed by atoms with E-state index in [4.69, 9.17) is 9.79 Å². The predicted octanol–water partition coefficient (Wildman–Crippen LogP) is 4.69. The van der Waals surface area contributed by atoms with Crippen LogP contribution in [0.15, 0.2) is 0 Å². The molecule has 0 amide bonds. The summed E-state index contributed by atoms with van der Waals surface area (Å²) < 4.78 is 14.7. The number of unbranched alkanes of at least 4 members (excludes halogenated alkanes) is 13. The van der Waals surface area contributed by atoms with Crippen LogP contribution in [0.25, 0.3) is 0 Å². The molecule has 0 radical (unpaired) electrons. The summed E-state index contributed by atoms with van der Waals surface area (Å²) in [5.41, 5.74) is 0. The van der Waals surface area contributed by atoms with Gasteiger partial charge in [-0.15, -0.1) is 0 Å². The van der Waals surface area contributed by atoms with E-state index in [0.29, 0.717) is 6.42 Å². The number of aliphatic hydroxyl groups excluding tert-OH is 2. The third-order valence-corrected chi connectivity index (χ3v) is 5.20. The van der Waals surface area contributed by atoms with Crippen LogP contribution < -0.4 is 0 Å². The summed E-state index contributed by atoms with van der Waals surface area (Å²) in [5, 5.41) is 19.3. The maximum atomic E-state index is 10.5. The first-order chi connectivity index (χ1) is 12.4.